The van der Waals surface area contributed by atoms with Crippen LogP contribution < -0.4 is 10.1 Å². The van der Waals surface area contributed by atoms with Crippen molar-refractivity contribution in [2.45, 2.75) is 58.1 Å². The molecule has 1 unspecified atom stereocenters. The van der Waals surface area contributed by atoms with E-state index in [4.69, 9.17) is 4.74 Å². The van der Waals surface area contributed by atoms with Crippen molar-refractivity contribution in [1.82, 2.24) is 10.2 Å². The predicted octanol–water partition coefficient (Wildman–Crippen LogP) is 2.82. The standard InChI is InChI=1S/C19H28N2O2/c1-14-6-7-15(2)18(13-14)23-16-8-11-21(12-9-16)19(22)17-5-3-4-10-20-17/h6-7,13,16-17,20H,3-5,8-12H2,1-2H3. The van der Waals surface area contributed by atoms with E-state index in [1.165, 1.54) is 17.5 Å². The van der Waals surface area contributed by atoms with Crippen LogP contribution in [0, 0.1) is 13.8 Å². The average Bonchev–Trinajstić information content (AvgIpc) is 2.59. The molecule has 0 saturated carbocycles. The van der Waals surface area contributed by atoms with Crippen LogP contribution in [-0.2, 0) is 4.79 Å². The van der Waals surface area contributed by atoms with Crippen molar-refractivity contribution in [3.05, 3.63) is 29.3 Å². The Morgan fingerprint density at radius 3 is 2.65 bits per heavy atom. The van der Waals surface area contributed by atoms with Gasteiger partial charge in [0.05, 0.1) is 6.04 Å². The highest BCUT2D eigenvalue weighted by atomic mass is 16.5. The van der Waals surface area contributed by atoms with E-state index in [1.807, 2.05) is 4.90 Å². The molecule has 23 heavy (non-hydrogen) atoms. The second kappa shape index (κ2) is 7.35. The highest BCUT2D eigenvalue weighted by molar-refractivity contribution is 5.82. The number of carbonyl (C=O) groups excluding carboxylic acids is 1. The second-order valence-electron chi connectivity index (χ2n) is 6.91. The first-order chi connectivity index (χ1) is 11.1. The normalized spacial score (nSPS) is 22.9. The lowest BCUT2D eigenvalue weighted by Gasteiger charge is -2.35. The van der Waals surface area contributed by atoms with Crippen LogP contribution in [0.5, 0.6) is 5.75 Å². The number of carbonyl (C=O) groups is 1. The molecular weight excluding hydrogens is 288 g/mol. The van der Waals surface area contributed by atoms with Gasteiger partial charge in [0.15, 0.2) is 0 Å². The number of hydrogen-bond donors (Lipinski definition) is 1. The molecule has 1 amide bonds. The second-order valence-corrected chi connectivity index (χ2v) is 6.91. The summed E-state index contributed by atoms with van der Waals surface area (Å²) < 4.78 is 6.19. The van der Waals surface area contributed by atoms with Gasteiger partial charge >= 0.3 is 0 Å². The number of aryl methyl sites for hydroxylation is 2. The molecule has 2 fully saturated rings. The smallest absolute Gasteiger partial charge is 0.239 e. The molecule has 0 aliphatic carbocycles. The van der Waals surface area contributed by atoms with Gasteiger partial charge in [0.2, 0.25) is 5.91 Å². The van der Waals surface area contributed by atoms with E-state index in [0.29, 0.717) is 0 Å². The van der Waals surface area contributed by atoms with Crippen LogP contribution >= 0.6 is 0 Å². The van der Waals surface area contributed by atoms with E-state index in [0.717, 1.165) is 51.1 Å². The van der Waals surface area contributed by atoms with Crippen molar-refractivity contribution in [3.8, 4) is 5.75 Å². The molecule has 1 N–H and O–H groups in total. The number of nitrogens with one attached hydrogen (secondary N) is 1. The van der Waals surface area contributed by atoms with Gasteiger partial charge in [-0.05, 0) is 50.4 Å². The van der Waals surface area contributed by atoms with Gasteiger partial charge in [0.25, 0.3) is 0 Å². The van der Waals surface area contributed by atoms with Gasteiger partial charge in [0.1, 0.15) is 11.9 Å². The SMILES string of the molecule is Cc1ccc(C)c(OC2CCN(C(=O)C3CCCCN3)CC2)c1. The van der Waals surface area contributed by atoms with Gasteiger partial charge in [0, 0.05) is 25.9 Å². The Hall–Kier alpha value is -1.55. The molecule has 0 bridgehead atoms. The van der Waals surface area contributed by atoms with Crippen LogP contribution in [0.15, 0.2) is 18.2 Å². The van der Waals surface area contributed by atoms with Crippen LogP contribution in [-0.4, -0.2) is 42.6 Å². The predicted molar refractivity (Wildman–Crippen MR) is 91.8 cm³/mol. The summed E-state index contributed by atoms with van der Waals surface area (Å²) in [6, 6.07) is 6.37. The zero-order valence-corrected chi connectivity index (χ0v) is 14.3. The molecule has 2 saturated heterocycles. The fourth-order valence-electron chi connectivity index (χ4n) is 3.49. The van der Waals surface area contributed by atoms with E-state index in [-0.39, 0.29) is 18.1 Å². The molecule has 126 valence electrons. The third-order valence-corrected chi connectivity index (χ3v) is 5.00. The molecule has 4 nitrogen and oxygen atoms in total. The first-order valence-corrected chi connectivity index (χ1v) is 8.89. The molecule has 1 atom stereocenters. The molecule has 4 heteroatoms. The summed E-state index contributed by atoms with van der Waals surface area (Å²) in [7, 11) is 0. The maximum atomic E-state index is 12.5. The number of likely N-dealkylation sites (tertiary alicyclic amines) is 1. The lowest BCUT2D eigenvalue weighted by atomic mass is 10.0. The first-order valence-electron chi connectivity index (χ1n) is 8.89. The Morgan fingerprint density at radius 2 is 1.96 bits per heavy atom. The van der Waals surface area contributed by atoms with Crippen molar-refractivity contribution in [1.29, 1.82) is 0 Å². The quantitative estimate of drug-likeness (QED) is 0.932. The minimum atomic E-state index is 0.0419. The summed E-state index contributed by atoms with van der Waals surface area (Å²) in [6.45, 7) is 6.77. The van der Waals surface area contributed by atoms with Crippen molar-refractivity contribution >= 4 is 5.91 Å². The van der Waals surface area contributed by atoms with E-state index < -0.39 is 0 Å². The van der Waals surface area contributed by atoms with Crippen LogP contribution in [0.3, 0.4) is 0 Å². The summed E-state index contributed by atoms with van der Waals surface area (Å²) in [4.78, 5) is 14.6. The lowest BCUT2D eigenvalue weighted by molar-refractivity contribution is -0.135. The van der Waals surface area contributed by atoms with Gasteiger partial charge in [-0.1, -0.05) is 18.6 Å². The molecule has 2 heterocycles. The van der Waals surface area contributed by atoms with E-state index in [9.17, 15) is 4.79 Å². The topological polar surface area (TPSA) is 41.6 Å². The monoisotopic (exact) mass is 316 g/mol. The molecular formula is C19H28N2O2. The Bertz CT molecular complexity index is 544. The molecule has 2 aliphatic heterocycles. The van der Waals surface area contributed by atoms with Crippen LogP contribution in [0.2, 0.25) is 0 Å². The first kappa shape index (κ1) is 16.3. The minimum absolute atomic E-state index is 0.0419. The van der Waals surface area contributed by atoms with Crippen molar-refractivity contribution < 1.29 is 9.53 Å². The summed E-state index contributed by atoms with van der Waals surface area (Å²) in [6.07, 6.45) is 5.40. The average molecular weight is 316 g/mol. The Kier molecular flexibility index (Phi) is 5.21. The molecule has 0 spiro atoms. The van der Waals surface area contributed by atoms with Crippen LogP contribution in [0.1, 0.15) is 43.2 Å². The van der Waals surface area contributed by atoms with Crippen LogP contribution in [0.4, 0.5) is 0 Å². The van der Waals surface area contributed by atoms with Crippen molar-refractivity contribution in [3.63, 3.8) is 0 Å². The number of hydrogen-bond acceptors (Lipinski definition) is 3. The third-order valence-electron chi connectivity index (χ3n) is 5.00. The van der Waals surface area contributed by atoms with Gasteiger partial charge in [-0.3, -0.25) is 4.79 Å². The molecule has 2 aliphatic rings. The molecule has 0 radical (unpaired) electrons. The summed E-state index contributed by atoms with van der Waals surface area (Å²) in [5.41, 5.74) is 2.40. The Balaban J connectivity index is 1.52. The number of amides is 1. The van der Waals surface area contributed by atoms with Crippen molar-refractivity contribution in [2.24, 2.45) is 0 Å². The maximum Gasteiger partial charge on any atom is 0.239 e. The molecule has 3 rings (SSSR count). The molecule has 1 aromatic carbocycles. The Morgan fingerprint density at radius 1 is 1.17 bits per heavy atom. The van der Waals surface area contributed by atoms with E-state index >= 15 is 0 Å². The third kappa shape index (κ3) is 4.05. The summed E-state index contributed by atoms with van der Waals surface area (Å²) in [5.74, 6) is 1.28. The van der Waals surface area contributed by atoms with Gasteiger partial charge in [-0.2, -0.15) is 0 Å². The van der Waals surface area contributed by atoms with Crippen LogP contribution in [0.25, 0.3) is 0 Å². The van der Waals surface area contributed by atoms with Gasteiger partial charge in [-0.15, -0.1) is 0 Å². The molecule has 0 aromatic heterocycles. The highest BCUT2D eigenvalue weighted by Gasteiger charge is 2.29. The summed E-state index contributed by atoms with van der Waals surface area (Å²) >= 11 is 0. The highest BCUT2D eigenvalue weighted by Crippen LogP contribution is 2.24. The fraction of sp³-hybridized carbons (Fsp3) is 0.632. The largest absolute Gasteiger partial charge is 0.490 e. The number of piperidine rings is 2. The van der Waals surface area contributed by atoms with E-state index in [1.54, 1.807) is 0 Å². The fourth-order valence-corrected chi connectivity index (χ4v) is 3.49. The molecule has 1 aromatic rings. The minimum Gasteiger partial charge on any atom is -0.490 e. The van der Waals surface area contributed by atoms with Gasteiger partial charge in [-0.25, -0.2) is 0 Å². The zero-order valence-electron chi connectivity index (χ0n) is 14.3. The number of rotatable bonds is 3. The maximum absolute atomic E-state index is 12.5. The number of nitrogens with zero attached hydrogens (tertiary/aromatic N) is 1. The van der Waals surface area contributed by atoms with E-state index in [2.05, 4.69) is 37.4 Å². The number of benzene rings is 1. The number of ether oxygens (including phenoxy) is 1. The zero-order chi connectivity index (χ0) is 16.2. The van der Waals surface area contributed by atoms with Gasteiger partial charge < -0.3 is 15.0 Å². The summed E-state index contributed by atoms with van der Waals surface area (Å²) in [5, 5.41) is 3.36. The Labute approximate surface area is 139 Å². The van der Waals surface area contributed by atoms with Crippen molar-refractivity contribution in [2.75, 3.05) is 19.6 Å². The lowest BCUT2D eigenvalue weighted by Crippen LogP contribution is -2.51.